The summed E-state index contributed by atoms with van der Waals surface area (Å²) in [5.74, 6) is 0.842. The van der Waals surface area contributed by atoms with Crippen LogP contribution in [0, 0.1) is 11.3 Å². The van der Waals surface area contributed by atoms with E-state index in [1.807, 2.05) is 0 Å². The summed E-state index contributed by atoms with van der Waals surface area (Å²) in [5.41, 5.74) is -0.0414. The maximum Gasteiger partial charge on any atom is 0.0771 e. The van der Waals surface area contributed by atoms with Crippen molar-refractivity contribution in [2.24, 2.45) is 11.3 Å². The second-order valence-electron chi connectivity index (χ2n) is 7.78. The second-order valence-corrected chi connectivity index (χ2v) is 7.78. The van der Waals surface area contributed by atoms with Crippen molar-refractivity contribution in [3.63, 3.8) is 0 Å². The van der Waals surface area contributed by atoms with E-state index >= 15 is 0 Å². The highest BCUT2D eigenvalue weighted by molar-refractivity contribution is 5.12. The van der Waals surface area contributed by atoms with Crippen LogP contribution < -0.4 is 5.32 Å². The van der Waals surface area contributed by atoms with E-state index < -0.39 is 5.60 Å². The predicted molar refractivity (Wildman–Crippen MR) is 85.3 cm³/mol. The lowest BCUT2D eigenvalue weighted by Gasteiger charge is -2.61. The first-order valence-corrected chi connectivity index (χ1v) is 9.19. The predicted octanol–water partition coefficient (Wildman–Crippen LogP) is 3.26. The van der Waals surface area contributed by atoms with Gasteiger partial charge in [-0.05, 0) is 57.8 Å². The van der Waals surface area contributed by atoms with Gasteiger partial charge in [0.25, 0.3) is 0 Å². The third-order valence-corrected chi connectivity index (χ3v) is 6.73. The number of aliphatic hydroxyl groups is 1. The molecule has 0 bridgehead atoms. The van der Waals surface area contributed by atoms with E-state index in [1.165, 1.54) is 38.5 Å². The van der Waals surface area contributed by atoms with Crippen LogP contribution >= 0.6 is 0 Å². The van der Waals surface area contributed by atoms with Crippen molar-refractivity contribution in [2.45, 2.75) is 89.4 Å². The molecule has 122 valence electrons. The Morgan fingerprint density at radius 2 is 1.86 bits per heavy atom. The Kier molecular flexibility index (Phi) is 4.63. The molecule has 2 N–H and O–H groups in total. The molecule has 0 aromatic carbocycles. The molecule has 3 aliphatic carbocycles. The average Bonchev–Trinajstić information content (AvgIpc) is 2.41. The van der Waals surface area contributed by atoms with E-state index in [9.17, 15) is 5.11 Å². The molecule has 1 spiro atoms. The van der Waals surface area contributed by atoms with Crippen molar-refractivity contribution in [1.82, 2.24) is 5.32 Å². The highest BCUT2D eigenvalue weighted by atomic mass is 16.5. The van der Waals surface area contributed by atoms with Crippen LogP contribution in [0.3, 0.4) is 0 Å². The van der Waals surface area contributed by atoms with Gasteiger partial charge in [-0.2, -0.15) is 0 Å². The Morgan fingerprint density at radius 1 is 1.14 bits per heavy atom. The van der Waals surface area contributed by atoms with Crippen LogP contribution in [0.15, 0.2) is 0 Å². The van der Waals surface area contributed by atoms with Gasteiger partial charge in [-0.1, -0.05) is 19.8 Å². The summed E-state index contributed by atoms with van der Waals surface area (Å²) >= 11 is 0. The third-order valence-electron chi connectivity index (χ3n) is 6.73. The summed E-state index contributed by atoms with van der Waals surface area (Å²) < 4.78 is 5.91. The Hall–Kier alpha value is -0.120. The Bertz CT molecular complexity index is 345. The quantitative estimate of drug-likeness (QED) is 0.790. The summed E-state index contributed by atoms with van der Waals surface area (Å²) in [7, 11) is 0. The van der Waals surface area contributed by atoms with Crippen molar-refractivity contribution < 1.29 is 9.84 Å². The minimum absolute atomic E-state index is 0.410. The largest absolute Gasteiger partial charge is 0.389 e. The first kappa shape index (κ1) is 15.8. The molecule has 3 rings (SSSR count). The van der Waals surface area contributed by atoms with Crippen LogP contribution in [0.4, 0.5) is 0 Å². The van der Waals surface area contributed by atoms with Crippen LogP contribution in [-0.4, -0.2) is 36.0 Å². The van der Waals surface area contributed by atoms with Crippen molar-refractivity contribution in [2.75, 3.05) is 13.2 Å². The van der Waals surface area contributed by atoms with Crippen molar-refractivity contribution in [1.29, 1.82) is 0 Å². The van der Waals surface area contributed by atoms with Crippen molar-refractivity contribution >= 4 is 0 Å². The van der Waals surface area contributed by atoms with Crippen LogP contribution in [0.1, 0.15) is 71.6 Å². The van der Waals surface area contributed by atoms with Gasteiger partial charge in [-0.3, -0.25) is 0 Å². The van der Waals surface area contributed by atoms with Gasteiger partial charge in [-0.25, -0.2) is 0 Å². The fourth-order valence-electron chi connectivity index (χ4n) is 4.84. The molecule has 0 radical (unpaired) electrons. The Morgan fingerprint density at radius 3 is 2.38 bits per heavy atom. The standard InChI is InChI=1S/C18H33NO2/c1-3-14-6-10-17(20,11-7-14)13-19-15-12-16(21-4-2)18(15)8-5-9-18/h14-16,19-20H,3-13H2,1-2H3. The molecule has 0 aromatic heterocycles. The van der Waals surface area contributed by atoms with E-state index in [0.29, 0.717) is 17.6 Å². The van der Waals surface area contributed by atoms with E-state index in [1.54, 1.807) is 0 Å². The molecule has 3 aliphatic rings. The summed E-state index contributed by atoms with van der Waals surface area (Å²) in [4.78, 5) is 0. The molecule has 0 aromatic rings. The zero-order valence-corrected chi connectivity index (χ0v) is 13.9. The number of rotatable bonds is 6. The van der Waals surface area contributed by atoms with E-state index in [2.05, 4.69) is 19.2 Å². The molecule has 3 heteroatoms. The van der Waals surface area contributed by atoms with E-state index in [4.69, 9.17) is 4.74 Å². The molecule has 0 saturated heterocycles. The first-order chi connectivity index (χ1) is 10.1. The number of hydrogen-bond donors (Lipinski definition) is 2. The monoisotopic (exact) mass is 295 g/mol. The zero-order valence-electron chi connectivity index (χ0n) is 13.9. The van der Waals surface area contributed by atoms with Crippen LogP contribution in [0.2, 0.25) is 0 Å². The molecule has 21 heavy (non-hydrogen) atoms. The lowest BCUT2D eigenvalue weighted by atomic mass is 9.51. The van der Waals surface area contributed by atoms with Gasteiger partial charge >= 0.3 is 0 Å². The molecule has 2 atom stereocenters. The van der Waals surface area contributed by atoms with Gasteiger partial charge in [0.2, 0.25) is 0 Å². The fraction of sp³-hybridized carbons (Fsp3) is 1.00. The smallest absolute Gasteiger partial charge is 0.0771 e. The lowest BCUT2D eigenvalue weighted by Crippen LogP contribution is -2.68. The molecule has 0 amide bonds. The maximum absolute atomic E-state index is 10.8. The molecule has 3 saturated carbocycles. The Balaban J connectivity index is 1.47. The average molecular weight is 295 g/mol. The van der Waals surface area contributed by atoms with Crippen molar-refractivity contribution in [3.05, 3.63) is 0 Å². The fourth-order valence-corrected chi connectivity index (χ4v) is 4.84. The Labute approximate surface area is 129 Å². The number of ether oxygens (including phenoxy) is 1. The van der Waals surface area contributed by atoms with Crippen LogP contribution in [-0.2, 0) is 4.74 Å². The molecule has 0 aliphatic heterocycles. The van der Waals surface area contributed by atoms with Gasteiger partial charge in [-0.15, -0.1) is 0 Å². The van der Waals surface area contributed by atoms with Crippen molar-refractivity contribution in [3.8, 4) is 0 Å². The summed E-state index contributed by atoms with van der Waals surface area (Å²) in [6.45, 7) is 5.99. The number of nitrogens with one attached hydrogen (secondary N) is 1. The maximum atomic E-state index is 10.8. The molecule has 2 unspecified atom stereocenters. The summed E-state index contributed by atoms with van der Waals surface area (Å²) in [6, 6.07) is 0.579. The molecular weight excluding hydrogens is 262 g/mol. The van der Waals surface area contributed by atoms with Gasteiger partial charge in [0.1, 0.15) is 0 Å². The molecule has 3 fully saturated rings. The van der Waals surface area contributed by atoms with E-state index in [0.717, 1.165) is 38.3 Å². The second kappa shape index (κ2) is 6.17. The number of hydrogen-bond acceptors (Lipinski definition) is 3. The topological polar surface area (TPSA) is 41.5 Å². The van der Waals surface area contributed by atoms with E-state index in [-0.39, 0.29) is 0 Å². The summed E-state index contributed by atoms with van der Waals surface area (Å²) in [6.07, 6.45) is 11.2. The van der Waals surface area contributed by atoms with Crippen LogP contribution in [0.5, 0.6) is 0 Å². The lowest BCUT2D eigenvalue weighted by molar-refractivity contribution is -0.176. The highest BCUT2D eigenvalue weighted by Gasteiger charge is 2.58. The third kappa shape index (κ3) is 2.89. The van der Waals surface area contributed by atoms with Gasteiger partial charge in [0, 0.05) is 24.6 Å². The van der Waals surface area contributed by atoms with Crippen LogP contribution in [0.25, 0.3) is 0 Å². The minimum atomic E-state index is -0.451. The SMILES string of the molecule is CCOC1CC(NCC2(O)CCC(CC)CC2)C12CCC2. The first-order valence-electron chi connectivity index (χ1n) is 9.19. The summed E-state index contributed by atoms with van der Waals surface area (Å²) in [5, 5.41) is 14.5. The van der Waals surface area contributed by atoms with Gasteiger partial charge in [0.05, 0.1) is 11.7 Å². The highest BCUT2D eigenvalue weighted by Crippen LogP contribution is 2.57. The van der Waals surface area contributed by atoms with Gasteiger partial charge < -0.3 is 15.2 Å². The minimum Gasteiger partial charge on any atom is -0.389 e. The molecule has 0 heterocycles. The molecular formula is C18H33NO2. The normalized spacial score (nSPS) is 41.6. The van der Waals surface area contributed by atoms with Gasteiger partial charge in [0.15, 0.2) is 0 Å². The zero-order chi connectivity index (χ0) is 14.9. The molecule has 3 nitrogen and oxygen atoms in total.